The molecular formula is C25H21N3OS. The fraction of sp³-hybridized carbons (Fsp3) is 0.120. The van der Waals surface area contributed by atoms with Crippen LogP contribution >= 0.6 is 11.3 Å². The van der Waals surface area contributed by atoms with Crippen molar-refractivity contribution in [2.75, 3.05) is 0 Å². The third kappa shape index (κ3) is 3.48. The van der Waals surface area contributed by atoms with Gasteiger partial charge in [-0.15, -0.1) is 0 Å². The predicted octanol–water partition coefficient (Wildman–Crippen LogP) is 5.76. The maximum Gasteiger partial charge on any atom is 0.251 e. The molecule has 5 rings (SSSR count). The first-order valence-electron chi connectivity index (χ1n) is 9.89. The van der Waals surface area contributed by atoms with Crippen LogP contribution in [0.1, 0.15) is 27.0 Å². The van der Waals surface area contributed by atoms with Crippen LogP contribution in [-0.2, 0) is 6.54 Å². The zero-order valence-electron chi connectivity index (χ0n) is 16.8. The van der Waals surface area contributed by atoms with Gasteiger partial charge in [-0.05, 0) is 37.6 Å². The van der Waals surface area contributed by atoms with Gasteiger partial charge in [-0.1, -0.05) is 71.0 Å². The average Bonchev–Trinajstić information content (AvgIpc) is 3.31. The van der Waals surface area contributed by atoms with Crippen molar-refractivity contribution in [1.29, 1.82) is 0 Å². The largest absolute Gasteiger partial charge is 0.348 e. The van der Waals surface area contributed by atoms with Crippen LogP contribution in [0.5, 0.6) is 0 Å². The second kappa shape index (κ2) is 7.43. The molecule has 4 nitrogen and oxygen atoms in total. The summed E-state index contributed by atoms with van der Waals surface area (Å²) in [5.41, 5.74) is 7.34. The van der Waals surface area contributed by atoms with Crippen molar-refractivity contribution in [3.63, 3.8) is 0 Å². The second-order valence-electron chi connectivity index (χ2n) is 7.60. The molecule has 0 radical (unpaired) electrons. The molecule has 30 heavy (non-hydrogen) atoms. The molecular weight excluding hydrogens is 390 g/mol. The summed E-state index contributed by atoms with van der Waals surface area (Å²) in [4.78, 5) is 18.3. The minimum Gasteiger partial charge on any atom is -0.348 e. The Labute approximate surface area is 178 Å². The van der Waals surface area contributed by atoms with Crippen LogP contribution in [0.3, 0.4) is 0 Å². The molecule has 0 bridgehead atoms. The van der Waals surface area contributed by atoms with E-state index in [0.717, 1.165) is 32.0 Å². The number of aryl methyl sites for hydroxylation is 2. The van der Waals surface area contributed by atoms with Crippen molar-refractivity contribution in [3.8, 4) is 11.3 Å². The lowest BCUT2D eigenvalue weighted by atomic mass is 10.1. The molecule has 0 aliphatic rings. The Morgan fingerprint density at radius 3 is 2.40 bits per heavy atom. The highest BCUT2D eigenvalue weighted by Crippen LogP contribution is 2.30. The van der Waals surface area contributed by atoms with Crippen molar-refractivity contribution < 1.29 is 4.79 Å². The number of amides is 1. The number of thiazole rings is 1. The van der Waals surface area contributed by atoms with E-state index < -0.39 is 0 Å². The molecule has 1 N–H and O–H groups in total. The van der Waals surface area contributed by atoms with Gasteiger partial charge >= 0.3 is 0 Å². The van der Waals surface area contributed by atoms with Crippen LogP contribution in [0.2, 0.25) is 0 Å². The molecule has 0 aliphatic heterocycles. The predicted molar refractivity (Wildman–Crippen MR) is 123 cm³/mol. The number of hydrogen-bond donors (Lipinski definition) is 1. The lowest BCUT2D eigenvalue weighted by molar-refractivity contribution is 0.0951. The molecule has 2 heterocycles. The summed E-state index contributed by atoms with van der Waals surface area (Å²) in [6, 6.07) is 22.4. The van der Waals surface area contributed by atoms with Gasteiger partial charge < -0.3 is 5.32 Å². The molecule has 3 aromatic carbocycles. The smallest absolute Gasteiger partial charge is 0.251 e. The van der Waals surface area contributed by atoms with Crippen LogP contribution in [0.15, 0.2) is 72.9 Å². The lowest BCUT2D eigenvalue weighted by Gasteiger charge is -2.06. The number of hydrogen-bond acceptors (Lipinski definition) is 3. The van der Waals surface area contributed by atoms with E-state index in [9.17, 15) is 4.79 Å². The van der Waals surface area contributed by atoms with Crippen molar-refractivity contribution in [2.24, 2.45) is 0 Å². The number of aromatic nitrogens is 2. The molecule has 148 valence electrons. The third-order valence-electron chi connectivity index (χ3n) is 5.28. The highest BCUT2D eigenvalue weighted by molar-refractivity contribution is 7.23. The molecule has 5 aromatic rings. The Balaban J connectivity index is 1.39. The summed E-state index contributed by atoms with van der Waals surface area (Å²) in [5, 5.41) is 3.01. The van der Waals surface area contributed by atoms with Crippen molar-refractivity contribution in [2.45, 2.75) is 20.4 Å². The summed E-state index contributed by atoms with van der Waals surface area (Å²) in [7, 11) is 0. The maximum absolute atomic E-state index is 12.6. The SMILES string of the molecule is Cc1ccc(CNC(=O)c2ccc3c(c2)sc2nc(-c4ccc(C)cc4)cn23)cc1. The van der Waals surface area contributed by atoms with Gasteiger partial charge in [-0.25, -0.2) is 4.98 Å². The minimum atomic E-state index is -0.0659. The Morgan fingerprint density at radius 1 is 0.967 bits per heavy atom. The number of carbonyl (C=O) groups is 1. The van der Waals surface area contributed by atoms with Gasteiger partial charge in [0.05, 0.1) is 15.9 Å². The lowest BCUT2D eigenvalue weighted by Crippen LogP contribution is -2.22. The molecule has 0 saturated carbocycles. The van der Waals surface area contributed by atoms with Crippen LogP contribution in [0, 0.1) is 13.8 Å². The number of nitrogens with one attached hydrogen (secondary N) is 1. The standard InChI is InChI=1S/C25H21N3OS/c1-16-3-7-18(8-4-16)14-26-24(29)20-11-12-22-23(13-20)30-25-27-21(15-28(22)25)19-9-5-17(2)6-10-19/h3-13,15H,14H2,1-2H3,(H,26,29). The number of imidazole rings is 1. The first kappa shape index (κ1) is 18.6. The summed E-state index contributed by atoms with van der Waals surface area (Å²) < 4.78 is 3.15. The van der Waals surface area contributed by atoms with E-state index >= 15 is 0 Å². The Morgan fingerprint density at radius 2 is 1.67 bits per heavy atom. The van der Waals surface area contributed by atoms with E-state index in [2.05, 4.69) is 66.2 Å². The fourth-order valence-corrected chi connectivity index (χ4v) is 4.54. The first-order chi connectivity index (χ1) is 14.6. The first-order valence-corrected chi connectivity index (χ1v) is 10.7. The number of fused-ring (bicyclic) bond motifs is 3. The van der Waals surface area contributed by atoms with Gasteiger partial charge in [0, 0.05) is 23.9 Å². The van der Waals surface area contributed by atoms with Crippen LogP contribution in [0.25, 0.3) is 26.4 Å². The Hall–Kier alpha value is -3.44. The molecule has 0 unspecified atom stereocenters. The Bertz CT molecular complexity index is 1360. The molecule has 0 spiro atoms. The maximum atomic E-state index is 12.6. The van der Waals surface area contributed by atoms with Crippen LogP contribution in [0.4, 0.5) is 0 Å². The highest BCUT2D eigenvalue weighted by atomic mass is 32.1. The van der Waals surface area contributed by atoms with E-state index in [-0.39, 0.29) is 5.91 Å². The van der Waals surface area contributed by atoms with Crippen LogP contribution < -0.4 is 5.32 Å². The quantitative estimate of drug-likeness (QED) is 0.408. The number of rotatable bonds is 4. The fourth-order valence-electron chi connectivity index (χ4n) is 3.50. The summed E-state index contributed by atoms with van der Waals surface area (Å²) in [6.07, 6.45) is 2.07. The number of nitrogens with zero attached hydrogens (tertiary/aromatic N) is 2. The number of carbonyl (C=O) groups excluding carboxylic acids is 1. The molecule has 0 fully saturated rings. The van der Waals surface area contributed by atoms with Gasteiger partial charge in [-0.2, -0.15) is 0 Å². The van der Waals surface area contributed by atoms with E-state index in [4.69, 9.17) is 4.98 Å². The number of benzene rings is 3. The molecule has 0 aliphatic carbocycles. The van der Waals surface area contributed by atoms with Gasteiger partial charge in [0.1, 0.15) is 0 Å². The van der Waals surface area contributed by atoms with Crippen LogP contribution in [-0.4, -0.2) is 15.3 Å². The molecule has 1 amide bonds. The molecule has 0 saturated heterocycles. The average molecular weight is 412 g/mol. The zero-order chi connectivity index (χ0) is 20.7. The van der Waals surface area contributed by atoms with Gasteiger partial charge in [0.15, 0.2) is 4.96 Å². The van der Waals surface area contributed by atoms with E-state index in [0.29, 0.717) is 12.1 Å². The van der Waals surface area contributed by atoms with E-state index in [1.54, 1.807) is 11.3 Å². The highest BCUT2D eigenvalue weighted by Gasteiger charge is 2.13. The Kier molecular flexibility index (Phi) is 4.60. The monoisotopic (exact) mass is 411 g/mol. The molecule has 0 atom stereocenters. The van der Waals surface area contributed by atoms with E-state index in [1.807, 2.05) is 30.3 Å². The summed E-state index contributed by atoms with van der Waals surface area (Å²) in [5.74, 6) is -0.0659. The van der Waals surface area contributed by atoms with Crippen molar-refractivity contribution in [1.82, 2.24) is 14.7 Å². The van der Waals surface area contributed by atoms with Gasteiger partial charge in [-0.3, -0.25) is 9.20 Å². The third-order valence-corrected chi connectivity index (χ3v) is 6.29. The molecule has 2 aromatic heterocycles. The normalized spacial score (nSPS) is 11.3. The summed E-state index contributed by atoms with van der Waals surface area (Å²) >= 11 is 1.60. The van der Waals surface area contributed by atoms with Crippen molar-refractivity contribution in [3.05, 3.63) is 95.2 Å². The van der Waals surface area contributed by atoms with Gasteiger partial charge in [0.25, 0.3) is 5.91 Å². The van der Waals surface area contributed by atoms with E-state index in [1.165, 1.54) is 11.1 Å². The molecule has 5 heteroatoms. The zero-order valence-corrected chi connectivity index (χ0v) is 17.7. The summed E-state index contributed by atoms with van der Waals surface area (Å²) in [6.45, 7) is 4.65. The van der Waals surface area contributed by atoms with Gasteiger partial charge in [0.2, 0.25) is 0 Å². The van der Waals surface area contributed by atoms with Crippen molar-refractivity contribution >= 4 is 32.4 Å². The minimum absolute atomic E-state index is 0.0659. The second-order valence-corrected chi connectivity index (χ2v) is 8.61. The topological polar surface area (TPSA) is 46.4 Å².